The highest BCUT2D eigenvalue weighted by molar-refractivity contribution is 7.03. The molecule has 1 aliphatic heterocycles. The third-order valence-electron chi connectivity index (χ3n) is 16.6. The predicted molar refractivity (Wildman–Crippen MR) is 334 cm³/mol. The van der Waals surface area contributed by atoms with Crippen LogP contribution in [0.2, 0.25) is 13.1 Å². The summed E-state index contributed by atoms with van der Waals surface area (Å²) in [7, 11) is -2.36. The van der Waals surface area contributed by atoms with Crippen molar-refractivity contribution in [1.29, 1.82) is 0 Å². The number of para-hydroxylation sites is 2. The van der Waals surface area contributed by atoms with Crippen LogP contribution in [0.15, 0.2) is 279 Å². The molecule has 15 rings (SSSR count). The largest absolute Gasteiger partial charge is 0.310 e. The molecule has 14 aromatic rings. The topological polar surface area (TPSA) is 6.48 Å². The normalized spacial score (nSPS) is 12.6. The van der Waals surface area contributed by atoms with Crippen molar-refractivity contribution < 1.29 is 0 Å². The van der Waals surface area contributed by atoms with Crippen LogP contribution in [0, 0.1) is 0 Å². The lowest BCUT2D eigenvalue weighted by Gasteiger charge is -2.36. The van der Waals surface area contributed by atoms with Crippen LogP contribution in [0.3, 0.4) is 0 Å². The monoisotopic (exact) mass is 996 g/mol. The van der Waals surface area contributed by atoms with Crippen LogP contribution >= 0.6 is 0 Å². The summed E-state index contributed by atoms with van der Waals surface area (Å²) in [6.45, 7) is 5.12. The number of benzene rings is 14. The number of anilines is 6. The molecule has 0 amide bonds. The zero-order chi connectivity index (χ0) is 51.2. The minimum atomic E-state index is -2.36. The van der Waals surface area contributed by atoms with E-state index in [4.69, 9.17) is 0 Å². The third kappa shape index (κ3) is 7.30. The number of hydrogen-bond donors (Lipinski definition) is 0. The Morgan fingerprint density at radius 2 is 0.649 bits per heavy atom. The minimum Gasteiger partial charge on any atom is -0.310 e. The van der Waals surface area contributed by atoms with Crippen LogP contribution in [0.1, 0.15) is 0 Å². The van der Waals surface area contributed by atoms with Crippen molar-refractivity contribution in [3.8, 4) is 33.4 Å². The van der Waals surface area contributed by atoms with Gasteiger partial charge in [0.05, 0.1) is 11.4 Å². The van der Waals surface area contributed by atoms with Gasteiger partial charge in [-0.2, -0.15) is 0 Å². The van der Waals surface area contributed by atoms with Crippen molar-refractivity contribution in [2.75, 3.05) is 9.80 Å². The zero-order valence-electron chi connectivity index (χ0n) is 43.0. The lowest BCUT2D eigenvalue weighted by Crippen LogP contribution is -2.56. The van der Waals surface area contributed by atoms with Gasteiger partial charge in [-0.05, 0) is 164 Å². The Morgan fingerprint density at radius 1 is 0.247 bits per heavy atom. The van der Waals surface area contributed by atoms with Crippen LogP contribution < -0.4 is 20.2 Å². The van der Waals surface area contributed by atoms with Crippen molar-refractivity contribution in [1.82, 2.24) is 0 Å². The first kappa shape index (κ1) is 44.9. The van der Waals surface area contributed by atoms with Crippen molar-refractivity contribution in [3.63, 3.8) is 0 Å². The molecular formula is C74H52N2Si. The molecule has 0 N–H and O–H groups in total. The summed E-state index contributed by atoms with van der Waals surface area (Å²) in [6.07, 6.45) is 0. The van der Waals surface area contributed by atoms with E-state index in [9.17, 15) is 0 Å². The summed E-state index contributed by atoms with van der Waals surface area (Å²) < 4.78 is 0. The van der Waals surface area contributed by atoms with E-state index in [1.54, 1.807) is 0 Å². The summed E-state index contributed by atoms with van der Waals surface area (Å²) >= 11 is 0. The average Bonchev–Trinajstić information content (AvgIpc) is 3.55. The van der Waals surface area contributed by atoms with Crippen LogP contribution in [0.5, 0.6) is 0 Å². The van der Waals surface area contributed by atoms with E-state index < -0.39 is 8.07 Å². The second-order valence-electron chi connectivity index (χ2n) is 21.2. The molecule has 0 atom stereocenters. The van der Waals surface area contributed by atoms with E-state index in [0.717, 1.165) is 34.1 Å². The Kier molecular flexibility index (Phi) is 10.4. The van der Waals surface area contributed by atoms with Crippen LogP contribution in [-0.4, -0.2) is 8.07 Å². The standard InChI is InChI=1S/C74H52N2Si/c1-77(2)72-31-17-28-65-68-47-58(75(70-29-15-13-26-62(70)49-18-5-3-6-19-49)56-39-36-53-34-32-51-22-9-11-24-60(51)66(53)45-56)41-38-55(68)44-69(74(65)72)64-43-42-59(48-73(64)77)76(71-30-16-14-27-63(71)50-20-7-4-8-21-50)57-40-37-54-35-33-52-23-10-12-25-61(52)67(54)46-57/h3-48H,1-2H3. The van der Waals surface area contributed by atoms with Gasteiger partial charge < -0.3 is 9.80 Å². The summed E-state index contributed by atoms with van der Waals surface area (Å²) in [5, 5.41) is 18.1. The maximum absolute atomic E-state index is 2.56. The molecule has 0 aliphatic carbocycles. The fraction of sp³-hybridized carbons (Fsp3) is 0.0270. The first-order valence-electron chi connectivity index (χ1n) is 26.8. The van der Waals surface area contributed by atoms with Gasteiger partial charge in [-0.25, -0.2) is 0 Å². The number of hydrogen-bond acceptors (Lipinski definition) is 2. The molecule has 77 heavy (non-hydrogen) atoms. The third-order valence-corrected chi connectivity index (χ3v) is 20.1. The molecule has 3 heteroatoms. The minimum absolute atomic E-state index is 1.12. The van der Waals surface area contributed by atoms with Crippen LogP contribution in [-0.2, 0) is 0 Å². The Morgan fingerprint density at radius 3 is 1.19 bits per heavy atom. The fourth-order valence-corrected chi connectivity index (χ4v) is 15.9. The van der Waals surface area contributed by atoms with Crippen molar-refractivity contribution in [2.45, 2.75) is 13.1 Å². The van der Waals surface area contributed by atoms with Crippen LogP contribution in [0.25, 0.3) is 98.0 Å². The highest BCUT2D eigenvalue weighted by atomic mass is 28.3. The molecule has 0 spiro atoms. The maximum Gasteiger partial charge on any atom is 0.113 e. The van der Waals surface area contributed by atoms with Gasteiger partial charge in [0.25, 0.3) is 0 Å². The summed E-state index contributed by atoms with van der Waals surface area (Å²) in [6, 6.07) is 104. The van der Waals surface area contributed by atoms with Gasteiger partial charge in [-0.3, -0.25) is 0 Å². The van der Waals surface area contributed by atoms with E-state index in [1.807, 2.05) is 0 Å². The molecule has 0 saturated carbocycles. The lowest BCUT2D eigenvalue weighted by molar-refractivity contribution is 1.29. The van der Waals surface area contributed by atoms with Crippen molar-refractivity contribution >= 4 is 117 Å². The Labute approximate surface area is 450 Å². The Bertz CT molecular complexity index is 4680. The van der Waals surface area contributed by atoms with E-state index in [0.29, 0.717) is 0 Å². The molecule has 0 bridgehead atoms. The van der Waals surface area contributed by atoms with E-state index in [-0.39, 0.29) is 0 Å². The second kappa shape index (κ2) is 17.8. The first-order chi connectivity index (χ1) is 37.9. The zero-order valence-corrected chi connectivity index (χ0v) is 44.0. The maximum atomic E-state index is 2.56. The van der Waals surface area contributed by atoms with Crippen molar-refractivity contribution in [2.24, 2.45) is 0 Å². The number of fused-ring (bicyclic) bond motifs is 10. The molecule has 0 radical (unpaired) electrons. The lowest BCUT2D eigenvalue weighted by atomic mass is 9.91. The molecule has 1 aliphatic rings. The summed E-state index contributed by atoms with van der Waals surface area (Å²) in [5.74, 6) is 0. The first-order valence-corrected chi connectivity index (χ1v) is 29.8. The van der Waals surface area contributed by atoms with Gasteiger partial charge in [0.2, 0.25) is 0 Å². The molecule has 14 aromatic carbocycles. The SMILES string of the molecule is C[Si]1(C)c2cc(N(c3ccc4ccc5ccccc5c4c3)c3ccccc3-c3ccccc3)ccc2-c2cc3ccc(N(c4ccc5ccc6ccccc6c5c4)c4ccccc4-c4ccccc4)cc3c3cccc1c23. The molecule has 1 heterocycles. The molecule has 362 valence electrons. The van der Waals surface area contributed by atoms with Gasteiger partial charge >= 0.3 is 0 Å². The average molecular weight is 997 g/mol. The molecule has 0 unspecified atom stereocenters. The van der Waals surface area contributed by atoms with Crippen LogP contribution in [0.4, 0.5) is 34.1 Å². The summed E-state index contributed by atoms with van der Waals surface area (Å²) in [5.41, 5.74) is 14.2. The van der Waals surface area contributed by atoms with Gasteiger partial charge in [0.15, 0.2) is 0 Å². The van der Waals surface area contributed by atoms with Gasteiger partial charge in [0.1, 0.15) is 8.07 Å². The molecular weight excluding hydrogens is 945 g/mol. The van der Waals surface area contributed by atoms with Gasteiger partial charge in [-0.15, -0.1) is 0 Å². The fourth-order valence-electron chi connectivity index (χ4n) is 12.8. The predicted octanol–water partition coefficient (Wildman–Crippen LogP) is 19.7. The van der Waals surface area contributed by atoms with E-state index >= 15 is 0 Å². The Balaban J connectivity index is 0.920. The van der Waals surface area contributed by atoms with Gasteiger partial charge in [-0.1, -0.05) is 225 Å². The molecule has 2 nitrogen and oxygen atoms in total. The highest BCUT2D eigenvalue weighted by Crippen LogP contribution is 2.47. The van der Waals surface area contributed by atoms with E-state index in [2.05, 4.69) is 302 Å². The number of rotatable bonds is 8. The van der Waals surface area contributed by atoms with Crippen molar-refractivity contribution in [3.05, 3.63) is 279 Å². The molecule has 0 fully saturated rings. The molecule has 0 saturated heterocycles. The second-order valence-corrected chi connectivity index (χ2v) is 25.6. The van der Waals surface area contributed by atoms with Gasteiger partial charge in [0, 0.05) is 33.9 Å². The molecule has 0 aromatic heterocycles. The smallest absolute Gasteiger partial charge is 0.113 e. The summed E-state index contributed by atoms with van der Waals surface area (Å²) in [4.78, 5) is 4.99. The highest BCUT2D eigenvalue weighted by Gasteiger charge is 2.37. The Hall–Kier alpha value is -9.54. The van der Waals surface area contributed by atoms with E-state index in [1.165, 1.54) is 108 Å². The quantitative estimate of drug-likeness (QED) is 0.111. The number of nitrogens with zero attached hydrogens (tertiary/aromatic N) is 2.